The lowest BCUT2D eigenvalue weighted by molar-refractivity contribution is 0.0697. The van der Waals surface area contributed by atoms with Crippen molar-refractivity contribution in [3.63, 3.8) is 0 Å². The van der Waals surface area contributed by atoms with Crippen LogP contribution in [-0.4, -0.2) is 16.1 Å². The molecule has 2 aromatic rings. The van der Waals surface area contributed by atoms with Gasteiger partial charge in [-0.15, -0.1) is 11.3 Å². The van der Waals surface area contributed by atoms with Crippen molar-refractivity contribution in [1.82, 2.24) is 4.98 Å². The lowest BCUT2D eigenvalue weighted by atomic mass is 10.1. The van der Waals surface area contributed by atoms with Crippen molar-refractivity contribution in [3.8, 4) is 10.4 Å². The molecule has 2 rings (SSSR count). The summed E-state index contributed by atoms with van der Waals surface area (Å²) in [5.41, 5.74) is 2.37. The number of hydrogen-bond donors (Lipinski definition) is 1. The Bertz CT molecular complexity index is 558. The van der Waals surface area contributed by atoms with Gasteiger partial charge in [-0.1, -0.05) is 19.1 Å². The van der Waals surface area contributed by atoms with Gasteiger partial charge in [0.15, 0.2) is 0 Å². The minimum atomic E-state index is -0.894. The van der Waals surface area contributed by atoms with Crippen molar-refractivity contribution in [2.75, 3.05) is 0 Å². The summed E-state index contributed by atoms with van der Waals surface area (Å²) in [6.45, 7) is 4.13. The first-order valence-electron chi connectivity index (χ1n) is 5.92. The minimum Gasteiger partial charge on any atom is -0.478 e. The number of carboxylic acid groups (broad SMARTS) is 1. The molecule has 94 valence electrons. The van der Waals surface area contributed by atoms with Crippen LogP contribution in [0.3, 0.4) is 0 Å². The summed E-state index contributed by atoms with van der Waals surface area (Å²) in [6.07, 6.45) is 2.09. The maximum atomic E-state index is 10.8. The molecule has 18 heavy (non-hydrogen) atoms. The second-order valence-corrected chi connectivity index (χ2v) is 5.24. The molecule has 1 aromatic heterocycles. The molecule has 1 aromatic carbocycles. The molecule has 0 bridgehead atoms. The standard InChI is InChI=1S/C14H15NO2S/c1-3-4-12-15-9(2)13(18-12)10-5-7-11(8-6-10)14(16)17/h5-8H,3-4H2,1-2H3,(H,16,17). The van der Waals surface area contributed by atoms with Crippen LogP contribution in [0.15, 0.2) is 24.3 Å². The summed E-state index contributed by atoms with van der Waals surface area (Å²) in [5, 5.41) is 10.0. The molecular weight excluding hydrogens is 246 g/mol. The summed E-state index contributed by atoms with van der Waals surface area (Å²) in [5.74, 6) is -0.894. The molecule has 4 heteroatoms. The number of hydrogen-bond acceptors (Lipinski definition) is 3. The second kappa shape index (κ2) is 5.31. The molecule has 0 saturated heterocycles. The highest BCUT2D eigenvalue weighted by molar-refractivity contribution is 7.15. The topological polar surface area (TPSA) is 50.2 Å². The third-order valence-corrected chi connectivity index (χ3v) is 3.97. The molecule has 3 nitrogen and oxygen atoms in total. The van der Waals surface area contributed by atoms with E-state index in [-0.39, 0.29) is 0 Å². The highest BCUT2D eigenvalue weighted by Crippen LogP contribution is 2.30. The van der Waals surface area contributed by atoms with E-state index < -0.39 is 5.97 Å². The largest absolute Gasteiger partial charge is 0.478 e. The average Bonchev–Trinajstić information content (AvgIpc) is 2.71. The maximum Gasteiger partial charge on any atom is 0.335 e. The van der Waals surface area contributed by atoms with E-state index in [4.69, 9.17) is 5.11 Å². The van der Waals surface area contributed by atoms with Crippen LogP contribution in [0.2, 0.25) is 0 Å². The highest BCUT2D eigenvalue weighted by Gasteiger charge is 2.10. The van der Waals surface area contributed by atoms with Crippen molar-refractivity contribution >= 4 is 17.3 Å². The Labute approximate surface area is 110 Å². The van der Waals surface area contributed by atoms with Crippen LogP contribution in [0.25, 0.3) is 10.4 Å². The van der Waals surface area contributed by atoms with Gasteiger partial charge in [0.2, 0.25) is 0 Å². The molecule has 1 heterocycles. The van der Waals surface area contributed by atoms with Crippen LogP contribution in [0.5, 0.6) is 0 Å². The molecule has 0 radical (unpaired) electrons. The van der Waals surface area contributed by atoms with Crippen LogP contribution < -0.4 is 0 Å². The summed E-state index contributed by atoms with van der Waals surface area (Å²) >= 11 is 1.69. The van der Waals surface area contributed by atoms with Crippen LogP contribution >= 0.6 is 11.3 Å². The van der Waals surface area contributed by atoms with Crippen LogP contribution in [0.1, 0.15) is 34.4 Å². The molecule has 0 unspecified atom stereocenters. The van der Waals surface area contributed by atoms with Crippen molar-refractivity contribution in [1.29, 1.82) is 0 Å². The first kappa shape index (κ1) is 12.8. The predicted molar refractivity (Wildman–Crippen MR) is 73.2 cm³/mol. The van der Waals surface area contributed by atoms with E-state index in [1.807, 2.05) is 19.1 Å². The molecule has 1 N–H and O–H groups in total. The van der Waals surface area contributed by atoms with Crippen LogP contribution in [0, 0.1) is 6.92 Å². The van der Waals surface area contributed by atoms with Crippen LogP contribution in [-0.2, 0) is 6.42 Å². The molecule has 0 aliphatic rings. The van der Waals surface area contributed by atoms with Gasteiger partial charge in [-0.3, -0.25) is 0 Å². The van der Waals surface area contributed by atoms with Gasteiger partial charge in [0.25, 0.3) is 0 Å². The number of carboxylic acids is 1. The minimum absolute atomic E-state index is 0.315. The fraction of sp³-hybridized carbons (Fsp3) is 0.286. The van der Waals surface area contributed by atoms with Gasteiger partial charge in [-0.25, -0.2) is 9.78 Å². The number of aryl methyl sites for hydroxylation is 2. The summed E-state index contributed by atoms with van der Waals surface area (Å²) in [6, 6.07) is 6.96. The van der Waals surface area contributed by atoms with Gasteiger partial charge in [0.1, 0.15) is 0 Å². The Morgan fingerprint density at radius 2 is 2.00 bits per heavy atom. The van der Waals surface area contributed by atoms with Gasteiger partial charge < -0.3 is 5.11 Å². The van der Waals surface area contributed by atoms with Gasteiger partial charge >= 0.3 is 5.97 Å². The Kier molecular flexibility index (Phi) is 3.77. The third kappa shape index (κ3) is 2.59. The van der Waals surface area contributed by atoms with Gasteiger partial charge in [-0.2, -0.15) is 0 Å². The lowest BCUT2D eigenvalue weighted by Crippen LogP contribution is -1.94. The number of thiazole rings is 1. The normalized spacial score (nSPS) is 10.6. The average molecular weight is 261 g/mol. The summed E-state index contributed by atoms with van der Waals surface area (Å²) in [4.78, 5) is 16.5. The Hall–Kier alpha value is -1.68. The smallest absolute Gasteiger partial charge is 0.335 e. The SMILES string of the molecule is CCCc1nc(C)c(-c2ccc(C(=O)O)cc2)s1. The quantitative estimate of drug-likeness (QED) is 0.911. The zero-order chi connectivity index (χ0) is 13.1. The monoisotopic (exact) mass is 261 g/mol. The van der Waals surface area contributed by atoms with E-state index in [0.717, 1.165) is 34.0 Å². The molecule has 0 amide bonds. The number of nitrogens with zero attached hydrogens (tertiary/aromatic N) is 1. The number of rotatable bonds is 4. The van der Waals surface area contributed by atoms with Crippen molar-refractivity contribution in [2.24, 2.45) is 0 Å². The van der Waals surface area contributed by atoms with E-state index in [0.29, 0.717) is 5.56 Å². The van der Waals surface area contributed by atoms with E-state index in [9.17, 15) is 4.79 Å². The number of benzene rings is 1. The lowest BCUT2D eigenvalue weighted by Gasteiger charge is -1.99. The van der Waals surface area contributed by atoms with Gasteiger partial charge in [0, 0.05) is 0 Å². The number of aromatic carboxylic acids is 1. The third-order valence-electron chi connectivity index (χ3n) is 2.70. The first-order chi connectivity index (χ1) is 8.61. The van der Waals surface area contributed by atoms with Crippen LogP contribution in [0.4, 0.5) is 0 Å². The predicted octanol–water partition coefficient (Wildman–Crippen LogP) is 3.77. The first-order valence-corrected chi connectivity index (χ1v) is 6.73. The second-order valence-electron chi connectivity index (χ2n) is 4.15. The van der Waals surface area contributed by atoms with Gasteiger partial charge in [-0.05, 0) is 37.5 Å². The number of aromatic nitrogens is 1. The Morgan fingerprint density at radius 1 is 1.33 bits per heavy atom. The zero-order valence-corrected chi connectivity index (χ0v) is 11.3. The van der Waals surface area contributed by atoms with Crippen molar-refractivity contribution < 1.29 is 9.90 Å². The van der Waals surface area contributed by atoms with Gasteiger partial charge in [0.05, 0.1) is 21.1 Å². The molecule has 0 atom stereocenters. The zero-order valence-electron chi connectivity index (χ0n) is 10.4. The number of carbonyl (C=O) groups is 1. The van der Waals surface area contributed by atoms with E-state index in [1.165, 1.54) is 0 Å². The summed E-state index contributed by atoms with van der Waals surface area (Å²) in [7, 11) is 0. The molecule has 0 fully saturated rings. The molecule has 0 saturated carbocycles. The fourth-order valence-corrected chi connectivity index (χ4v) is 2.98. The van der Waals surface area contributed by atoms with Crippen molar-refractivity contribution in [3.05, 3.63) is 40.5 Å². The molecule has 0 aliphatic heterocycles. The van der Waals surface area contributed by atoms with Crippen molar-refractivity contribution in [2.45, 2.75) is 26.7 Å². The van der Waals surface area contributed by atoms with E-state index in [1.54, 1.807) is 23.5 Å². The summed E-state index contributed by atoms with van der Waals surface area (Å²) < 4.78 is 0. The molecule has 0 spiro atoms. The Balaban J connectivity index is 2.33. The highest BCUT2D eigenvalue weighted by atomic mass is 32.1. The molecule has 0 aliphatic carbocycles. The fourth-order valence-electron chi connectivity index (χ4n) is 1.81. The van der Waals surface area contributed by atoms with E-state index >= 15 is 0 Å². The Morgan fingerprint density at radius 3 is 2.56 bits per heavy atom. The molecular formula is C14H15NO2S. The van der Waals surface area contributed by atoms with E-state index in [2.05, 4.69) is 11.9 Å². The maximum absolute atomic E-state index is 10.8.